The van der Waals surface area contributed by atoms with Crippen LogP contribution in [-0.4, -0.2) is 31.0 Å². The number of carbonyl (C=O) groups excluding carboxylic acids is 1. The van der Waals surface area contributed by atoms with Crippen LogP contribution in [0.25, 0.3) is 0 Å². The lowest BCUT2D eigenvalue weighted by molar-refractivity contribution is -0.131. The van der Waals surface area contributed by atoms with E-state index in [9.17, 15) is 4.79 Å². The zero-order valence-electron chi connectivity index (χ0n) is 12.2. The maximum absolute atomic E-state index is 12.2. The summed E-state index contributed by atoms with van der Waals surface area (Å²) in [5.74, 6) is 0.743. The van der Waals surface area contributed by atoms with Gasteiger partial charge in [0.25, 0.3) is 5.91 Å². The number of nitrogens with one attached hydrogen (secondary N) is 1. The fourth-order valence-corrected chi connectivity index (χ4v) is 2.38. The van der Waals surface area contributed by atoms with Crippen LogP contribution < -0.4 is 10.1 Å². The van der Waals surface area contributed by atoms with Crippen molar-refractivity contribution in [2.45, 2.75) is 26.2 Å². The van der Waals surface area contributed by atoms with E-state index in [0.29, 0.717) is 12.3 Å². The van der Waals surface area contributed by atoms with Gasteiger partial charge in [0.15, 0.2) is 6.61 Å². The van der Waals surface area contributed by atoms with Crippen LogP contribution in [0.1, 0.15) is 26.2 Å². The third-order valence-electron chi connectivity index (χ3n) is 3.49. The van der Waals surface area contributed by atoms with Gasteiger partial charge in [0.1, 0.15) is 5.75 Å². The lowest BCUT2D eigenvalue weighted by Gasteiger charge is -2.22. The predicted octanol–water partition coefficient (Wildman–Crippen LogP) is 3.02. The van der Waals surface area contributed by atoms with Gasteiger partial charge in [0.2, 0.25) is 0 Å². The second-order valence-electron chi connectivity index (χ2n) is 4.79. The third-order valence-corrected chi connectivity index (χ3v) is 3.49. The lowest BCUT2D eigenvalue weighted by atomic mass is 10.3. The largest absolute Gasteiger partial charge is 0.484 e. The lowest BCUT2D eigenvalue weighted by Crippen LogP contribution is -2.33. The Labute approximate surface area is 120 Å². The van der Waals surface area contributed by atoms with Gasteiger partial charge >= 0.3 is 0 Å². The second-order valence-corrected chi connectivity index (χ2v) is 4.79. The molecule has 1 aliphatic carbocycles. The Kier molecular flexibility index (Phi) is 5.04. The number of benzene rings is 1. The Morgan fingerprint density at radius 2 is 2.10 bits per heavy atom. The van der Waals surface area contributed by atoms with E-state index < -0.39 is 0 Å². The Balaban J connectivity index is 1.89. The van der Waals surface area contributed by atoms with E-state index in [-0.39, 0.29) is 12.5 Å². The van der Waals surface area contributed by atoms with Gasteiger partial charge in [-0.05, 0) is 50.5 Å². The van der Waals surface area contributed by atoms with E-state index >= 15 is 0 Å². The molecule has 0 radical (unpaired) electrons. The molecule has 0 atom stereocenters. The van der Waals surface area contributed by atoms with E-state index in [0.717, 1.165) is 30.6 Å². The number of amides is 1. The summed E-state index contributed by atoms with van der Waals surface area (Å²) in [5, 5.41) is 3.05. The molecule has 108 valence electrons. The standard InChI is InChI=1S/C16H22N2O2/c1-3-18(14-6-4-5-7-14)16(19)12-20-15-10-8-13(17-2)9-11-15/h6,8-11,17H,3-5,7,12H2,1-2H3. The Bertz CT molecular complexity index is 480. The monoisotopic (exact) mass is 274 g/mol. The summed E-state index contributed by atoms with van der Waals surface area (Å²) in [6.45, 7) is 2.79. The minimum absolute atomic E-state index is 0.0262. The molecule has 4 nitrogen and oxygen atoms in total. The quantitative estimate of drug-likeness (QED) is 0.867. The normalized spacial score (nSPS) is 13.8. The van der Waals surface area contributed by atoms with Crippen LogP contribution in [0.5, 0.6) is 5.75 Å². The highest BCUT2D eigenvalue weighted by molar-refractivity contribution is 5.79. The average Bonchev–Trinajstić information content (AvgIpc) is 3.00. The number of anilines is 1. The van der Waals surface area contributed by atoms with Crippen molar-refractivity contribution in [3.05, 3.63) is 36.0 Å². The van der Waals surface area contributed by atoms with Gasteiger partial charge in [-0.3, -0.25) is 4.79 Å². The van der Waals surface area contributed by atoms with Crippen molar-refractivity contribution in [1.29, 1.82) is 0 Å². The minimum Gasteiger partial charge on any atom is -0.484 e. The zero-order chi connectivity index (χ0) is 14.4. The van der Waals surface area contributed by atoms with E-state index in [2.05, 4.69) is 11.4 Å². The van der Waals surface area contributed by atoms with Crippen LogP contribution in [0.15, 0.2) is 36.0 Å². The second kappa shape index (κ2) is 6.98. The van der Waals surface area contributed by atoms with Crippen LogP contribution in [0.3, 0.4) is 0 Å². The van der Waals surface area contributed by atoms with E-state index in [1.54, 1.807) is 0 Å². The molecule has 0 spiro atoms. The van der Waals surface area contributed by atoms with E-state index in [1.165, 1.54) is 0 Å². The third kappa shape index (κ3) is 3.53. The van der Waals surface area contributed by atoms with Gasteiger partial charge < -0.3 is 15.0 Å². The molecule has 0 aromatic heterocycles. The molecule has 0 bridgehead atoms. The van der Waals surface area contributed by atoms with Crippen LogP contribution in [0.2, 0.25) is 0 Å². The molecule has 1 amide bonds. The molecule has 0 aliphatic heterocycles. The maximum atomic E-state index is 12.2. The summed E-state index contributed by atoms with van der Waals surface area (Å²) < 4.78 is 5.56. The molecule has 0 fully saturated rings. The first kappa shape index (κ1) is 14.4. The zero-order valence-corrected chi connectivity index (χ0v) is 12.2. The summed E-state index contributed by atoms with van der Waals surface area (Å²) in [4.78, 5) is 14.0. The summed E-state index contributed by atoms with van der Waals surface area (Å²) in [5.41, 5.74) is 2.17. The first-order chi connectivity index (χ1) is 9.74. The van der Waals surface area contributed by atoms with Gasteiger partial charge in [-0.1, -0.05) is 6.08 Å². The maximum Gasteiger partial charge on any atom is 0.264 e. The van der Waals surface area contributed by atoms with E-state index in [1.807, 2.05) is 43.1 Å². The summed E-state index contributed by atoms with van der Waals surface area (Å²) in [6.07, 6.45) is 5.37. The topological polar surface area (TPSA) is 41.6 Å². The number of hydrogen-bond donors (Lipinski definition) is 1. The van der Waals surface area contributed by atoms with Crippen molar-refractivity contribution in [3.63, 3.8) is 0 Å². The van der Waals surface area contributed by atoms with Gasteiger partial charge in [-0.25, -0.2) is 0 Å². The fourth-order valence-electron chi connectivity index (χ4n) is 2.38. The summed E-state index contributed by atoms with van der Waals surface area (Å²) >= 11 is 0. The smallest absolute Gasteiger partial charge is 0.264 e. The van der Waals surface area contributed by atoms with Gasteiger partial charge in [0, 0.05) is 25.0 Å². The van der Waals surface area contributed by atoms with Crippen molar-refractivity contribution in [1.82, 2.24) is 4.90 Å². The predicted molar refractivity (Wildman–Crippen MR) is 80.8 cm³/mol. The van der Waals surface area contributed by atoms with Crippen molar-refractivity contribution >= 4 is 11.6 Å². The van der Waals surface area contributed by atoms with Gasteiger partial charge in [0.05, 0.1) is 0 Å². The number of carbonyl (C=O) groups is 1. The first-order valence-corrected chi connectivity index (χ1v) is 7.14. The van der Waals surface area contributed by atoms with Crippen LogP contribution in [-0.2, 0) is 4.79 Å². The van der Waals surface area contributed by atoms with Crippen LogP contribution in [0.4, 0.5) is 5.69 Å². The molecule has 2 rings (SSSR count). The molecule has 0 unspecified atom stereocenters. The molecule has 0 heterocycles. The number of rotatable bonds is 6. The molecule has 1 N–H and O–H groups in total. The number of ether oxygens (including phenoxy) is 1. The van der Waals surface area contributed by atoms with Crippen molar-refractivity contribution in [2.75, 3.05) is 25.5 Å². The molecule has 20 heavy (non-hydrogen) atoms. The Morgan fingerprint density at radius 3 is 2.65 bits per heavy atom. The molecular weight excluding hydrogens is 252 g/mol. The van der Waals surface area contributed by atoms with Gasteiger partial charge in [-0.2, -0.15) is 0 Å². The van der Waals surface area contributed by atoms with Crippen LogP contribution in [0, 0.1) is 0 Å². The number of nitrogens with zero attached hydrogens (tertiary/aromatic N) is 1. The molecule has 0 saturated heterocycles. The van der Waals surface area contributed by atoms with Crippen LogP contribution >= 0.6 is 0 Å². The molecule has 0 saturated carbocycles. The van der Waals surface area contributed by atoms with Crippen molar-refractivity contribution in [2.24, 2.45) is 0 Å². The number of hydrogen-bond acceptors (Lipinski definition) is 3. The molecule has 1 aliphatic rings. The van der Waals surface area contributed by atoms with Crippen molar-refractivity contribution in [3.8, 4) is 5.75 Å². The average molecular weight is 274 g/mol. The number of allylic oxidation sites excluding steroid dienone is 2. The highest BCUT2D eigenvalue weighted by Crippen LogP contribution is 2.22. The van der Waals surface area contributed by atoms with E-state index in [4.69, 9.17) is 4.74 Å². The molecule has 4 heteroatoms. The highest BCUT2D eigenvalue weighted by Gasteiger charge is 2.18. The molecule has 1 aromatic rings. The fraction of sp³-hybridized carbons (Fsp3) is 0.438. The number of likely N-dealkylation sites (N-methyl/N-ethyl adjacent to an activating group) is 1. The highest BCUT2D eigenvalue weighted by atomic mass is 16.5. The van der Waals surface area contributed by atoms with Crippen molar-refractivity contribution < 1.29 is 9.53 Å². The Hall–Kier alpha value is -1.97. The summed E-state index contributed by atoms with van der Waals surface area (Å²) in [7, 11) is 1.87. The first-order valence-electron chi connectivity index (χ1n) is 7.14. The SMILES string of the molecule is CCN(C(=O)COc1ccc(NC)cc1)C1=CCCC1. The minimum atomic E-state index is 0.0262. The Morgan fingerprint density at radius 1 is 1.35 bits per heavy atom. The van der Waals surface area contributed by atoms with Gasteiger partial charge in [-0.15, -0.1) is 0 Å². The summed E-state index contributed by atoms with van der Waals surface area (Å²) in [6, 6.07) is 7.59. The molecule has 1 aromatic carbocycles. The molecular formula is C16H22N2O2.